The van der Waals surface area contributed by atoms with Crippen LogP contribution in [0.1, 0.15) is 66.2 Å². The smallest absolute Gasteiger partial charge is 0.328 e. The van der Waals surface area contributed by atoms with E-state index >= 15 is 0 Å². The molecule has 0 radical (unpaired) electrons. The summed E-state index contributed by atoms with van der Waals surface area (Å²) in [5, 5.41) is 3.41. The molecule has 1 atom stereocenters. The Balaban J connectivity index is 1.85. The van der Waals surface area contributed by atoms with Gasteiger partial charge in [0.2, 0.25) is 0 Å². The predicted molar refractivity (Wildman–Crippen MR) is 83.2 cm³/mol. The van der Waals surface area contributed by atoms with Crippen molar-refractivity contribution in [2.45, 2.75) is 83.9 Å². The first-order valence-electron chi connectivity index (χ1n) is 8.41. The van der Waals surface area contributed by atoms with E-state index in [1.54, 1.807) is 0 Å². The maximum atomic E-state index is 12.2. The molecule has 0 aromatic carbocycles. The van der Waals surface area contributed by atoms with Crippen molar-refractivity contribution in [3.05, 3.63) is 0 Å². The number of rotatable bonds is 7. The molecule has 4 nitrogen and oxygen atoms in total. The van der Waals surface area contributed by atoms with Crippen molar-refractivity contribution in [2.75, 3.05) is 13.2 Å². The van der Waals surface area contributed by atoms with Crippen LogP contribution in [0.5, 0.6) is 0 Å². The number of ether oxygens (including phenoxy) is 2. The number of esters is 1. The van der Waals surface area contributed by atoms with Crippen LogP contribution in [0.15, 0.2) is 0 Å². The first kappa shape index (κ1) is 16.8. The summed E-state index contributed by atoms with van der Waals surface area (Å²) in [5.41, 5.74) is -0.263. The van der Waals surface area contributed by atoms with Crippen LogP contribution in [-0.2, 0) is 14.3 Å². The second kappa shape index (κ2) is 6.66. The highest BCUT2D eigenvalue weighted by Gasteiger charge is 2.41. The second-order valence-corrected chi connectivity index (χ2v) is 7.65. The number of carbonyl (C=O) groups is 1. The molecular formula is C17H31NO3. The minimum Gasteiger partial charge on any atom is -0.465 e. The molecule has 2 rings (SSSR count). The van der Waals surface area contributed by atoms with Gasteiger partial charge in [0.05, 0.1) is 19.3 Å². The van der Waals surface area contributed by atoms with Crippen molar-refractivity contribution in [2.24, 2.45) is 5.41 Å². The summed E-state index contributed by atoms with van der Waals surface area (Å²) in [6, 6.07) is 0.452. The average molecular weight is 297 g/mol. The zero-order valence-corrected chi connectivity index (χ0v) is 14.0. The molecule has 0 spiro atoms. The van der Waals surface area contributed by atoms with Crippen LogP contribution in [0.2, 0.25) is 0 Å². The van der Waals surface area contributed by atoms with Gasteiger partial charge in [-0.05, 0) is 57.8 Å². The Morgan fingerprint density at radius 3 is 2.38 bits per heavy atom. The van der Waals surface area contributed by atoms with Gasteiger partial charge in [-0.15, -0.1) is 0 Å². The largest absolute Gasteiger partial charge is 0.465 e. The van der Waals surface area contributed by atoms with Gasteiger partial charge in [-0.25, -0.2) is 4.79 Å². The average Bonchev–Trinajstić information content (AvgIpc) is 3.21. The fourth-order valence-corrected chi connectivity index (χ4v) is 2.95. The van der Waals surface area contributed by atoms with Gasteiger partial charge in [-0.2, -0.15) is 0 Å². The molecule has 0 bridgehead atoms. The molecule has 0 aromatic rings. The maximum Gasteiger partial charge on any atom is 0.328 e. The molecular weight excluding hydrogens is 266 g/mol. The normalized spacial score (nSPS) is 25.3. The van der Waals surface area contributed by atoms with Crippen LogP contribution < -0.4 is 5.32 Å². The minimum atomic E-state index is -0.704. The Bertz CT molecular complexity index is 355. The van der Waals surface area contributed by atoms with Gasteiger partial charge < -0.3 is 9.47 Å². The highest BCUT2D eigenvalue weighted by Crippen LogP contribution is 2.36. The van der Waals surface area contributed by atoms with E-state index in [4.69, 9.17) is 9.47 Å². The Morgan fingerprint density at radius 1 is 1.24 bits per heavy atom. The highest BCUT2D eigenvalue weighted by atomic mass is 16.5. The molecule has 122 valence electrons. The second-order valence-electron chi connectivity index (χ2n) is 7.65. The van der Waals surface area contributed by atoms with Crippen LogP contribution in [0.3, 0.4) is 0 Å². The lowest BCUT2D eigenvalue weighted by molar-refractivity contribution is -0.155. The lowest BCUT2D eigenvalue weighted by atomic mass is 9.76. The van der Waals surface area contributed by atoms with E-state index in [1.165, 1.54) is 12.8 Å². The van der Waals surface area contributed by atoms with Crippen LogP contribution in [0, 0.1) is 5.41 Å². The van der Waals surface area contributed by atoms with Crippen LogP contribution >= 0.6 is 0 Å². The Labute approximate surface area is 129 Å². The third kappa shape index (κ3) is 4.96. The van der Waals surface area contributed by atoms with Gasteiger partial charge in [-0.3, -0.25) is 5.32 Å². The van der Waals surface area contributed by atoms with Crippen molar-refractivity contribution >= 4 is 5.97 Å². The number of carbonyl (C=O) groups excluding carboxylic acids is 1. The van der Waals surface area contributed by atoms with Crippen molar-refractivity contribution in [1.29, 1.82) is 0 Å². The number of nitrogens with one attached hydrogen (secondary N) is 1. The summed E-state index contributed by atoms with van der Waals surface area (Å²) in [4.78, 5) is 12.2. The van der Waals surface area contributed by atoms with E-state index < -0.39 is 5.54 Å². The summed E-state index contributed by atoms with van der Waals surface area (Å²) in [5.74, 6) is -0.187. The monoisotopic (exact) mass is 297 g/mol. The number of hydrogen-bond donors (Lipinski definition) is 1. The molecule has 1 unspecified atom stereocenters. The number of hydrogen-bond acceptors (Lipinski definition) is 4. The lowest BCUT2D eigenvalue weighted by Crippen LogP contribution is -2.55. The topological polar surface area (TPSA) is 47.6 Å². The fourth-order valence-electron chi connectivity index (χ4n) is 2.95. The van der Waals surface area contributed by atoms with Gasteiger partial charge in [0.15, 0.2) is 0 Å². The summed E-state index contributed by atoms with van der Waals surface area (Å²) < 4.78 is 11.3. The molecule has 2 saturated carbocycles. The molecule has 2 aliphatic rings. The molecule has 1 N–H and O–H groups in total. The van der Waals surface area contributed by atoms with Crippen LogP contribution in [0.25, 0.3) is 0 Å². The molecule has 0 heterocycles. The van der Waals surface area contributed by atoms with Gasteiger partial charge in [-0.1, -0.05) is 13.8 Å². The van der Waals surface area contributed by atoms with E-state index in [0.717, 1.165) is 25.7 Å². The molecule has 0 amide bonds. The zero-order valence-electron chi connectivity index (χ0n) is 14.0. The summed E-state index contributed by atoms with van der Waals surface area (Å²) in [6.07, 6.45) is 7.16. The summed E-state index contributed by atoms with van der Waals surface area (Å²) in [6.45, 7) is 9.22. The standard InChI is InChI=1S/C17H31NO3/c1-5-20-15(19)17(4,18-13-6-7-13)12-21-14-8-10-16(2,3)11-9-14/h13-14,18H,5-12H2,1-4H3. The van der Waals surface area contributed by atoms with E-state index in [0.29, 0.717) is 24.7 Å². The zero-order chi connectivity index (χ0) is 15.5. The molecule has 2 aliphatic carbocycles. The molecule has 0 aliphatic heterocycles. The van der Waals surface area contributed by atoms with E-state index in [2.05, 4.69) is 19.2 Å². The van der Waals surface area contributed by atoms with Crippen molar-refractivity contribution in [1.82, 2.24) is 5.32 Å². The Hall–Kier alpha value is -0.610. The molecule has 0 aromatic heterocycles. The Kier molecular flexibility index (Phi) is 5.31. The van der Waals surface area contributed by atoms with Crippen LogP contribution in [-0.4, -0.2) is 36.9 Å². The maximum absolute atomic E-state index is 12.2. The van der Waals surface area contributed by atoms with E-state index in [-0.39, 0.29) is 12.1 Å². The highest BCUT2D eigenvalue weighted by molar-refractivity contribution is 5.80. The Morgan fingerprint density at radius 2 is 1.86 bits per heavy atom. The quantitative estimate of drug-likeness (QED) is 0.734. The molecule has 0 saturated heterocycles. The van der Waals surface area contributed by atoms with Gasteiger partial charge in [0.25, 0.3) is 0 Å². The first-order chi connectivity index (χ1) is 9.85. The van der Waals surface area contributed by atoms with Crippen molar-refractivity contribution in [3.63, 3.8) is 0 Å². The third-order valence-electron chi connectivity index (χ3n) is 4.72. The van der Waals surface area contributed by atoms with Crippen molar-refractivity contribution < 1.29 is 14.3 Å². The van der Waals surface area contributed by atoms with E-state index in [1.807, 2.05) is 13.8 Å². The lowest BCUT2D eigenvalue weighted by Gasteiger charge is -2.36. The predicted octanol–water partition coefficient (Wildman–Crippen LogP) is 3.05. The van der Waals surface area contributed by atoms with Gasteiger partial charge in [0.1, 0.15) is 5.54 Å². The fraction of sp³-hybridized carbons (Fsp3) is 0.941. The van der Waals surface area contributed by atoms with Crippen LogP contribution in [0.4, 0.5) is 0 Å². The first-order valence-corrected chi connectivity index (χ1v) is 8.41. The van der Waals surface area contributed by atoms with Gasteiger partial charge in [0, 0.05) is 6.04 Å². The SMILES string of the molecule is CCOC(=O)C(C)(COC1CCC(C)(C)CC1)NC1CC1. The molecule has 2 fully saturated rings. The van der Waals surface area contributed by atoms with Crippen molar-refractivity contribution in [3.8, 4) is 0 Å². The van der Waals surface area contributed by atoms with E-state index in [9.17, 15) is 4.79 Å². The summed E-state index contributed by atoms with van der Waals surface area (Å²) in [7, 11) is 0. The summed E-state index contributed by atoms with van der Waals surface area (Å²) >= 11 is 0. The van der Waals surface area contributed by atoms with Gasteiger partial charge >= 0.3 is 5.97 Å². The molecule has 21 heavy (non-hydrogen) atoms. The molecule has 4 heteroatoms. The third-order valence-corrected chi connectivity index (χ3v) is 4.72. The minimum absolute atomic E-state index is 0.187.